The van der Waals surface area contributed by atoms with Crippen molar-refractivity contribution < 1.29 is 4.79 Å². The summed E-state index contributed by atoms with van der Waals surface area (Å²) in [7, 11) is 0. The Morgan fingerprint density at radius 1 is 1.53 bits per heavy atom. The van der Waals surface area contributed by atoms with E-state index in [1.807, 2.05) is 11.4 Å². The molecule has 4 nitrogen and oxygen atoms in total. The van der Waals surface area contributed by atoms with Crippen molar-refractivity contribution in [3.05, 3.63) is 20.8 Å². The molecule has 0 atom stereocenters. The summed E-state index contributed by atoms with van der Waals surface area (Å²) in [4.78, 5) is 15.1. The second-order valence-electron chi connectivity index (χ2n) is 4.03. The summed E-state index contributed by atoms with van der Waals surface area (Å²) in [5.74, 6) is 0.108. The second-order valence-corrected chi connectivity index (χ2v) is 5.95. The Labute approximate surface area is 114 Å². The molecule has 17 heavy (non-hydrogen) atoms. The van der Waals surface area contributed by atoms with Gasteiger partial charge in [-0.25, -0.2) is 0 Å². The fraction of sp³-hybridized carbons (Fsp3) is 0.545. The molecule has 1 aliphatic heterocycles. The maximum atomic E-state index is 11.7. The molecule has 1 saturated heterocycles. The zero-order valence-corrected chi connectivity index (χ0v) is 11.9. The SMILES string of the molecule is O=C(CN1CCNCC1)NCc1cc(Br)cs1. The first-order chi connectivity index (χ1) is 8.24. The maximum Gasteiger partial charge on any atom is 0.234 e. The highest BCUT2D eigenvalue weighted by atomic mass is 79.9. The molecule has 1 aromatic rings. The summed E-state index contributed by atoms with van der Waals surface area (Å²) in [6.45, 7) is 5.00. The van der Waals surface area contributed by atoms with Crippen LogP contribution in [0.2, 0.25) is 0 Å². The number of thiophene rings is 1. The molecule has 1 fully saturated rings. The number of piperazine rings is 1. The van der Waals surface area contributed by atoms with E-state index >= 15 is 0 Å². The summed E-state index contributed by atoms with van der Waals surface area (Å²) in [6.07, 6.45) is 0. The van der Waals surface area contributed by atoms with Crippen molar-refractivity contribution in [3.8, 4) is 0 Å². The third kappa shape index (κ3) is 4.39. The highest BCUT2D eigenvalue weighted by molar-refractivity contribution is 9.10. The van der Waals surface area contributed by atoms with Crippen LogP contribution in [0.25, 0.3) is 0 Å². The first-order valence-corrected chi connectivity index (χ1v) is 7.34. The number of halogens is 1. The largest absolute Gasteiger partial charge is 0.350 e. The van der Waals surface area contributed by atoms with E-state index in [9.17, 15) is 4.79 Å². The fourth-order valence-electron chi connectivity index (χ4n) is 1.76. The molecule has 0 aromatic carbocycles. The number of carbonyl (C=O) groups is 1. The van der Waals surface area contributed by atoms with E-state index < -0.39 is 0 Å². The van der Waals surface area contributed by atoms with Gasteiger partial charge in [-0.05, 0) is 22.0 Å². The fourth-order valence-corrected chi connectivity index (χ4v) is 3.15. The van der Waals surface area contributed by atoms with Crippen LogP contribution in [0.4, 0.5) is 0 Å². The molecule has 1 aliphatic rings. The maximum absolute atomic E-state index is 11.7. The molecule has 2 rings (SSSR count). The third-order valence-electron chi connectivity index (χ3n) is 2.66. The van der Waals surface area contributed by atoms with Gasteiger partial charge in [-0.15, -0.1) is 11.3 Å². The highest BCUT2D eigenvalue weighted by Crippen LogP contribution is 2.19. The zero-order chi connectivity index (χ0) is 12.1. The Morgan fingerprint density at radius 2 is 2.29 bits per heavy atom. The van der Waals surface area contributed by atoms with Crippen LogP contribution in [0.3, 0.4) is 0 Å². The summed E-state index contributed by atoms with van der Waals surface area (Å²) in [6, 6.07) is 2.04. The predicted octanol–water partition coefficient (Wildman–Crippen LogP) is 1.03. The number of hydrogen-bond acceptors (Lipinski definition) is 4. The zero-order valence-electron chi connectivity index (χ0n) is 9.54. The van der Waals surface area contributed by atoms with Crippen molar-refractivity contribution in [2.45, 2.75) is 6.54 Å². The minimum absolute atomic E-state index is 0.108. The van der Waals surface area contributed by atoms with Crippen molar-refractivity contribution in [2.24, 2.45) is 0 Å². The molecule has 94 valence electrons. The van der Waals surface area contributed by atoms with E-state index in [4.69, 9.17) is 0 Å². The summed E-state index contributed by atoms with van der Waals surface area (Å²) in [5.41, 5.74) is 0. The number of amides is 1. The first-order valence-electron chi connectivity index (χ1n) is 5.67. The van der Waals surface area contributed by atoms with Gasteiger partial charge in [-0.3, -0.25) is 9.69 Å². The summed E-state index contributed by atoms with van der Waals surface area (Å²) >= 11 is 5.05. The molecule has 6 heteroatoms. The van der Waals surface area contributed by atoms with E-state index in [-0.39, 0.29) is 5.91 Å². The van der Waals surface area contributed by atoms with Crippen molar-refractivity contribution in [1.82, 2.24) is 15.5 Å². The molecule has 0 saturated carbocycles. The van der Waals surface area contributed by atoms with Crippen LogP contribution in [0.1, 0.15) is 4.88 Å². The molecule has 0 radical (unpaired) electrons. The Hall–Kier alpha value is -0.430. The van der Waals surface area contributed by atoms with E-state index in [0.717, 1.165) is 30.7 Å². The van der Waals surface area contributed by atoms with Crippen molar-refractivity contribution >= 4 is 33.2 Å². The molecular weight excluding hydrogens is 302 g/mol. The van der Waals surface area contributed by atoms with Crippen LogP contribution in [-0.2, 0) is 11.3 Å². The van der Waals surface area contributed by atoms with Crippen LogP contribution in [-0.4, -0.2) is 43.5 Å². The first kappa shape index (κ1) is 13.0. The normalized spacial score (nSPS) is 17.0. The van der Waals surface area contributed by atoms with Gasteiger partial charge < -0.3 is 10.6 Å². The van der Waals surface area contributed by atoms with Crippen LogP contribution < -0.4 is 10.6 Å². The molecule has 2 heterocycles. The standard InChI is InChI=1S/C11H16BrN3OS/c12-9-5-10(17-8-9)6-14-11(16)7-15-3-1-13-2-4-15/h5,8,13H,1-4,6-7H2,(H,14,16). The Kier molecular flexibility index (Phi) is 4.97. The Morgan fingerprint density at radius 3 is 2.94 bits per heavy atom. The third-order valence-corrected chi connectivity index (χ3v) is 4.36. The molecule has 0 spiro atoms. The second kappa shape index (κ2) is 6.49. The minimum atomic E-state index is 0.108. The van der Waals surface area contributed by atoms with Gasteiger partial charge in [-0.2, -0.15) is 0 Å². The molecule has 1 aromatic heterocycles. The molecule has 1 amide bonds. The molecule has 0 bridgehead atoms. The van der Waals surface area contributed by atoms with Gasteiger partial charge in [0.15, 0.2) is 0 Å². The van der Waals surface area contributed by atoms with E-state index in [2.05, 4.69) is 31.5 Å². The minimum Gasteiger partial charge on any atom is -0.350 e. The Balaban J connectivity index is 1.70. The van der Waals surface area contributed by atoms with Gasteiger partial charge in [0, 0.05) is 40.9 Å². The molecule has 0 unspecified atom stereocenters. The van der Waals surface area contributed by atoms with Crippen LogP contribution >= 0.6 is 27.3 Å². The number of carbonyl (C=O) groups excluding carboxylic acids is 1. The number of rotatable bonds is 4. The lowest BCUT2D eigenvalue weighted by Gasteiger charge is -2.26. The van der Waals surface area contributed by atoms with E-state index in [1.54, 1.807) is 11.3 Å². The summed E-state index contributed by atoms with van der Waals surface area (Å²) < 4.78 is 1.08. The lowest BCUT2D eigenvalue weighted by molar-refractivity contribution is -0.122. The van der Waals surface area contributed by atoms with Crippen molar-refractivity contribution in [1.29, 1.82) is 0 Å². The van der Waals surface area contributed by atoms with Crippen molar-refractivity contribution in [3.63, 3.8) is 0 Å². The average Bonchev–Trinajstić information content (AvgIpc) is 2.74. The lowest BCUT2D eigenvalue weighted by atomic mass is 10.3. The van der Waals surface area contributed by atoms with Crippen LogP contribution in [0.15, 0.2) is 15.9 Å². The van der Waals surface area contributed by atoms with Crippen LogP contribution in [0.5, 0.6) is 0 Å². The molecule has 2 N–H and O–H groups in total. The Bertz CT molecular complexity index is 377. The van der Waals surface area contributed by atoms with E-state index in [0.29, 0.717) is 13.1 Å². The molecule has 0 aliphatic carbocycles. The number of nitrogens with one attached hydrogen (secondary N) is 2. The number of nitrogens with zero attached hydrogens (tertiary/aromatic N) is 1. The average molecular weight is 318 g/mol. The van der Waals surface area contributed by atoms with Gasteiger partial charge >= 0.3 is 0 Å². The van der Waals surface area contributed by atoms with Gasteiger partial charge in [0.25, 0.3) is 0 Å². The van der Waals surface area contributed by atoms with Crippen LogP contribution in [0, 0.1) is 0 Å². The van der Waals surface area contributed by atoms with Gasteiger partial charge in [-0.1, -0.05) is 0 Å². The highest BCUT2D eigenvalue weighted by Gasteiger charge is 2.13. The summed E-state index contributed by atoms with van der Waals surface area (Å²) in [5, 5.41) is 8.25. The molecular formula is C11H16BrN3OS. The van der Waals surface area contributed by atoms with E-state index in [1.165, 1.54) is 4.88 Å². The van der Waals surface area contributed by atoms with Gasteiger partial charge in [0.05, 0.1) is 13.1 Å². The van der Waals surface area contributed by atoms with Gasteiger partial charge in [0.2, 0.25) is 5.91 Å². The number of hydrogen-bond donors (Lipinski definition) is 2. The lowest BCUT2D eigenvalue weighted by Crippen LogP contribution is -2.47. The quantitative estimate of drug-likeness (QED) is 0.872. The van der Waals surface area contributed by atoms with Crippen molar-refractivity contribution in [2.75, 3.05) is 32.7 Å². The van der Waals surface area contributed by atoms with Gasteiger partial charge in [0.1, 0.15) is 0 Å². The monoisotopic (exact) mass is 317 g/mol. The smallest absolute Gasteiger partial charge is 0.234 e. The predicted molar refractivity (Wildman–Crippen MR) is 73.2 cm³/mol. The topological polar surface area (TPSA) is 44.4 Å².